The number of carbonyl (C=O) groups excluding carboxylic acids is 1. The first-order chi connectivity index (χ1) is 13.6. The van der Waals surface area contributed by atoms with Gasteiger partial charge in [-0.25, -0.2) is 0 Å². The van der Waals surface area contributed by atoms with Gasteiger partial charge in [0.15, 0.2) is 0 Å². The van der Waals surface area contributed by atoms with Crippen LogP contribution < -0.4 is 10.4 Å². The van der Waals surface area contributed by atoms with Gasteiger partial charge in [-0.3, -0.25) is 4.79 Å². The van der Waals surface area contributed by atoms with E-state index in [2.05, 4.69) is 45.0 Å². The fraction of sp³-hybridized carbons (Fsp3) is 0.458. The largest absolute Gasteiger partial charge is 0.469 e. The Morgan fingerprint density at radius 3 is 1.79 bits per heavy atom. The van der Waals surface area contributed by atoms with E-state index < -0.39 is 26.3 Å². The van der Waals surface area contributed by atoms with Crippen molar-refractivity contribution in [3.8, 4) is 0 Å². The van der Waals surface area contributed by atoms with Gasteiger partial charge in [0.05, 0.1) is 19.1 Å². The lowest BCUT2D eigenvalue weighted by molar-refractivity contribution is -0.150. The van der Waals surface area contributed by atoms with E-state index >= 15 is 0 Å². The van der Waals surface area contributed by atoms with Crippen LogP contribution in [0.1, 0.15) is 34.6 Å². The van der Waals surface area contributed by atoms with Crippen LogP contribution in [0.3, 0.4) is 0 Å². The molecule has 2 rings (SSSR count). The van der Waals surface area contributed by atoms with Gasteiger partial charge in [0.1, 0.15) is 0 Å². The molecule has 29 heavy (non-hydrogen) atoms. The molecule has 0 spiro atoms. The van der Waals surface area contributed by atoms with Gasteiger partial charge in [0.2, 0.25) is 0 Å². The summed E-state index contributed by atoms with van der Waals surface area (Å²) in [7, 11) is -1.31. The van der Waals surface area contributed by atoms with Gasteiger partial charge in [0.25, 0.3) is 8.32 Å². The van der Waals surface area contributed by atoms with Crippen molar-refractivity contribution in [3.05, 3.63) is 60.7 Å². The molecule has 0 aliphatic rings. The molecule has 0 fully saturated rings. The van der Waals surface area contributed by atoms with Gasteiger partial charge in [-0.05, 0) is 22.3 Å². The second-order valence-corrected chi connectivity index (χ2v) is 13.1. The standard InChI is InChI=1S/C24H34O4Si/c1-18(22(25)19(2)23(26)27-6)17-28-29(24(3,4)5,20-13-9-7-10-14-20)21-15-11-8-12-16-21/h7-16,18-19,22,25H,17H2,1-6H3/t18-,19+,22-/m0/s1. The highest BCUT2D eigenvalue weighted by Gasteiger charge is 2.50. The predicted octanol–water partition coefficient (Wildman–Crippen LogP) is 3.37. The topological polar surface area (TPSA) is 55.8 Å². The van der Waals surface area contributed by atoms with Crippen LogP contribution in [0.25, 0.3) is 0 Å². The van der Waals surface area contributed by atoms with E-state index in [0.717, 1.165) is 0 Å². The summed E-state index contributed by atoms with van der Waals surface area (Å²) in [6, 6.07) is 20.8. The number of hydrogen-bond donors (Lipinski definition) is 1. The number of hydrogen-bond acceptors (Lipinski definition) is 4. The molecule has 0 radical (unpaired) electrons. The van der Waals surface area contributed by atoms with Gasteiger partial charge in [-0.1, -0.05) is 88.4 Å². The van der Waals surface area contributed by atoms with Gasteiger partial charge >= 0.3 is 5.97 Å². The molecule has 0 saturated heterocycles. The average Bonchev–Trinajstić information content (AvgIpc) is 2.72. The molecule has 0 aliphatic carbocycles. The maximum absolute atomic E-state index is 11.8. The second kappa shape index (κ2) is 9.70. The SMILES string of the molecule is COC(=O)[C@H](C)[C@@H](O)[C@@H](C)CO[Si](c1ccccc1)(c1ccccc1)C(C)(C)C. The number of carbonyl (C=O) groups is 1. The van der Waals surface area contributed by atoms with E-state index in [4.69, 9.17) is 9.16 Å². The molecular formula is C24H34O4Si. The van der Waals surface area contributed by atoms with Crippen LogP contribution >= 0.6 is 0 Å². The summed E-state index contributed by atoms with van der Waals surface area (Å²) in [5, 5.41) is 12.9. The lowest BCUT2D eigenvalue weighted by atomic mass is 9.94. The molecule has 3 atom stereocenters. The van der Waals surface area contributed by atoms with E-state index in [0.29, 0.717) is 6.61 Å². The summed E-state index contributed by atoms with van der Waals surface area (Å²) in [6.45, 7) is 10.6. The highest BCUT2D eigenvalue weighted by Crippen LogP contribution is 2.37. The van der Waals surface area contributed by atoms with Crippen LogP contribution in [0, 0.1) is 11.8 Å². The van der Waals surface area contributed by atoms with Crippen LogP contribution in [0.4, 0.5) is 0 Å². The third-order valence-corrected chi connectivity index (χ3v) is 10.7. The summed E-state index contributed by atoms with van der Waals surface area (Å²) >= 11 is 0. The van der Waals surface area contributed by atoms with Crippen molar-refractivity contribution in [3.63, 3.8) is 0 Å². The fourth-order valence-corrected chi connectivity index (χ4v) is 8.60. The van der Waals surface area contributed by atoms with Crippen molar-refractivity contribution in [1.82, 2.24) is 0 Å². The first-order valence-electron chi connectivity index (χ1n) is 10.2. The molecule has 2 aromatic rings. The van der Waals surface area contributed by atoms with Crippen LogP contribution in [0.2, 0.25) is 5.04 Å². The smallest absolute Gasteiger partial charge is 0.311 e. The number of benzene rings is 2. The van der Waals surface area contributed by atoms with Crippen molar-refractivity contribution in [2.75, 3.05) is 13.7 Å². The Kier molecular flexibility index (Phi) is 7.80. The van der Waals surface area contributed by atoms with Crippen molar-refractivity contribution in [1.29, 1.82) is 0 Å². The molecule has 0 aromatic heterocycles. The van der Waals surface area contributed by atoms with E-state index in [1.165, 1.54) is 17.5 Å². The van der Waals surface area contributed by atoms with Gasteiger partial charge in [0, 0.05) is 12.5 Å². The molecule has 0 saturated carbocycles. The number of methoxy groups -OCH3 is 1. The van der Waals surface area contributed by atoms with Crippen molar-refractivity contribution in [2.45, 2.75) is 45.8 Å². The van der Waals surface area contributed by atoms with Crippen LogP contribution in [-0.4, -0.2) is 39.2 Å². The monoisotopic (exact) mass is 414 g/mol. The minimum Gasteiger partial charge on any atom is -0.469 e. The zero-order chi connectivity index (χ0) is 21.7. The Balaban J connectivity index is 2.43. The Bertz CT molecular complexity index is 731. The molecule has 0 amide bonds. The molecular weight excluding hydrogens is 380 g/mol. The van der Waals surface area contributed by atoms with Crippen LogP contribution in [0.5, 0.6) is 0 Å². The zero-order valence-corrected chi connectivity index (χ0v) is 19.4. The highest BCUT2D eigenvalue weighted by atomic mass is 28.4. The molecule has 2 aromatic carbocycles. The summed E-state index contributed by atoms with van der Waals surface area (Å²) in [5.41, 5.74) is 0. The Morgan fingerprint density at radius 1 is 0.966 bits per heavy atom. The lowest BCUT2D eigenvalue weighted by Gasteiger charge is -2.44. The van der Waals surface area contributed by atoms with Crippen LogP contribution in [-0.2, 0) is 14.0 Å². The van der Waals surface area contributed by atoms with E-state index in [9.17, 15) is 9.90 Å². The average molecular weight is 415 g/mol. The molecule has 0 bridgehead atoms. The third-order valence-electron chi connectivity index (χ3n) is 5.65. The zero-order valence-electron chi connectivity index (χ0n) is 18.4. The molecule has 0 aliphatic heterocycles. The third kappa shape index (κ3) is 4.97. The first kappa shape index (κ1) is 23.3. The Hall–Kier alpha value is -1.95. The Morgan fingerprint density at radius 2 is 1.41 bits per heavy atom. The van der Waals surface area contributed by atoms with Crippen molar-refractivity contribution < 1.29 is 19.1 Å². The minimum atomic E-state index is -2.66. The Labute approximate surface area is 176 Å². The maximum atomic E-state index is 11.8. The number of aliphatic hydroxyl groups excluding tert-OH is 1. The van der Waals surface area contributed by atoms with Gasteiger partial charge < -0.3 is 14.3 Å². The lowest BCUT2D eigenvalue weighted by Crippen LogP contribution is -2.67. The van der Waals surface area contributed by atoms with E-state index in [1.54, 1.807) is 6.92 Å². The van der Waals surface area contributed by atoms with E-state index in [1.807, 2.05) is 43.3 Å². The molecule has 4 nitrogen and oxygen atoms in total. The number of rotatable bonds is 8. The molecule has 0 heterocycles. The molecule has 0 unspecified atom stereocenters. The molecule has 158 valence electrons. The predicted molar refractivity (Wildman–Crippen MR) is 120 cm³/mol. The number of ether oxygens (including phenoxy) is 1. The summed E-state index contributed by atoms with van der Waals surface area (Å²) < 4.78 is 11.6. The van der Waals surface area contributed by atoms with Crippen molar-refractivity contribution in [2.24, 2.45) is 11.8 Å². The second-order valence-electron chi connectivity index (χ2n) is 8.75. The number of esters is 1. The minimum absolute atomic E-state index is 0.131. The van der Waals surface area contributed by atoms with Crippen LogP contribution in [0.15, 0.2) is 60.7 Å². The summed E-state index contributed by atoms with van der Waals surface area (Å²) in [5.74, 6) is -1.22. The highest BCUT2D eigenvalue weighted by molar-refractivity contribution is 6.99. The normalized spacial score (nSPS) is 15.4. The molecule has 5 heteroatoms. The van der Waals surface area contributed by atoms with Gasteiger partial charge in [-0.15, -0.1) is 0 Å². The first-order valence-corrected chi connectivity index (χ1v) is 12.1. The number of aliphatic hydroxyl groups is 1. The fourth-order valence-electron chi connectivity index (χ4n) is 3.93. The summed E-state index contributed by atoms with van der Waals surface area (Å²) in [6.07, 6.45) is -0.833. The quantitative estimate of drug-likeness (QED) is 0.532. The van der Waals surface area contributed by atoms with E-state index in [-0.39, 0.29) is 11.0 Å². The van der Waals surface area contributed by atoms with Crippen molar-refractivity contribution >= 4 is 24.7 Å². The summed E-state index contributed by atoms with van der Waals surface area (Å²) in [4.78, 5) is 11.8. The maximum Gasteiger partial charge on any atom is 0.311 e. The molecule has 1 N–H and O–H groups in total. The van der Waals surface area contributed by atoms with Gasteiger partial charge in [-0.2, -0.15) is 0 Å².